The van der Waals surface area contributed by atoms with Gasteiger partial charge in [0.2, 0.25) is 0 Å². The van der Waals surface area contributed by atoms with Crippen LogP contribution in [-0.4, -0.2) is 24.2 Å². The number of ether oxygens (including phenoxy) is 1. The van der Waals surface area contributed by atoms with Gasteiger partial charge < -0.3 is 15.2 Å². The van der Waals surface area contributed by atoms with E-state index >= 15 is 0 Å². The third-order valence-electron chi connectivity index (χ3n) is 3.90. The minimum atomic E-state index is -0.694. The van der Waals surface area contributed by atoms with E-state index in [1.165, 1.54) is 19.2 Å². The molecule has 0 saturated heterocycles. The first-order valence-corrected chi connectivity index (χ1v) is 7.00. The van der Waals surface area contributed by atoms with E-state index in [0.717, 1.165) is 17.2 Å². The first-order valence-electron chi connectivity index (χ1n) is 7.00. The van der Waals surface area contributed by atoms with Gasteiger partial charge in [-0.2, -0.15) is 0 Å². The molecule has 22 heavy (non-hydrogen) atoms. The summed E-state index contributed by atoms with van der Waals surface area (Å²) in [6.45, 7) is 0. The third-order valence-corrected chi connectivity index (χ3v) is 3.90. The Hall–Kier alpha value is -2.40. The smallest absolute Gasteiger partial charge is 0.255 e. The van der Waals surface area contributed by atoms with Crippen molar-refractivity contribution in [2.75, 3.05) is 7.11 Å². The second-order valence-electron chi connectivity index (χ2n) is 5.27. The van der Waals surface area contributed by atoms with Gasteiger partial charge in [0.15, 0.2) is 0 Å². The average Bonchev–Trinajstić information content (AvgIpc) is 2.83. The highest BCUT2D eigenvalue weighted by Crippen LogP contribution is 2.32. The fourth-order valence-corrected chi connectivity index (χ4v) is 2.82. The topological polar surface area (TPSA) is 58.6 Å². The molecule has 3 rings (SSSR count). The number of carbonyl (C=O) groups excluding carboxylic acids is 1. The molecule has 0 bridgehead atoms. The summed E-state index contributed by atoms with van der Waals surface area (Å²) in [5.41, 5.74) is 2.00. The van der Waals surface area contributed by atoms with Gasteiger partial charge in [0.25, 0.3) is 5.91 Å². The van der Waals surface area contributed by atoms with Crippen molar-refractivity contribution in [3.05, 3.63) is 65.0 Å². The van der Waals surface area contributed by atoms with E-state index < -0.39 is 23.9 Å². The van der Waals surface area contributed by atoms with E-state index in [2.05, 4.69) is 5.32 Å². The lowest BCUT2D eigenvalue weighted by atomic mass is 10.1. The number of fused-ring (bicyclic) bond motifs is 1. The van der Waals surface area contributed by atoms with Crippen molar-refractivity contribution in [2.45, 2.75) is 18.6 Å². The van der Waals surface area contributed by atoms with Gasteiger partial charge in [0.05, 0.1) is 24.8 Å². The van der Waals surface area contributed by atoms with Crippen LogP contribution in [0.1, 0.15) is 27.5 Å². The summed E-state index contributed by atoms with van der Waals surface area (Å²) in [7, 11) is 1.42. The van der Waals surface area contributed by atoms with E-state index in [4.69, 9.17) is 4.74 Å². The molecule has 2 aromatic carbocycles. The molecule has 0 spiro atoms. The van der Waals surface area contributed by atoms with Gasteiger partial charge in [0, 0.05) is 6.42 Å². The monoisotopic (exact) mass is 301 g/mol. The van der Waals surface area contributed by atoms with Crippen LogP contribution in [0.2, 0.25) is 0 Å². The number of carbonyl (C=O) groups is 1. The van der Waals surface area contributed by atoms with Crippen LogP contribution < -0.4 is 10.1 Å². The second kappa shape index (κ2) is 5.77. The molecule has 2 aromatic rings. The Balaban J connectivity index is 1.88. The molecule has 0 fully saturated rings. The summed E-state index contributed by atoms with van der Waals surface area (Å²) < 4.78 is 18.5. The van der Waals surface area contributed by atoms with Crippen LogP contribution in [0.3, 0.4) is 0 Å². The largest absolute Gasteiger partial charge is 0.496 e. The minimum absolute atomic E-state index is 0.110. The predicted molar refractivity (Wildman–Crippen MR) is 79.3 cm³/mol. The van der Waals surface area contributed by atoms with Crippen LogP contribution in [0, 0.1) is 5.82 Å². The molecule has 0 radical (unpaired) electrons. The first-order chi connectivity index (χ1) is 10.6. The van der Waals surface area contributed by atoms with Gasteiger partial charge >= 0.3 is 0 Å². The highest BCUT2D eigenvalue weighted by atomic mass is 19.1. The molecule has 5 heteroatoms. The van der Waals surface area contributed by atoms with Crippen molar-refractivity contribution < 1.29 is 19.0 Å². The fraction of sp³-hybridized carbons (Fsp3) is 0.235. The zero-order chi connectivity index (χ0) is 15.7. The standard InChI is InChI=1S/C17H16FNO3/c1-22-15-7-6-11(18)9-13(15)17(21)19-16-12-5-3-2-4-10(12)8-14(16)20/h2-7,9,14,16,20H,8H2,1H3,(H,19,21)/t14-,16-/m1/s1. The Morgan fingerprint density at radius 2 is 2.09 bits per heavy atom. The number of halogens is 1. The van der Waals surface area contributed by atoms with Crippen molar-refractivity contribution in [3.8, 4) is 5.75 Å². The molecule has 0 aliphatic heterocycles. The maximum absolute atomic E-state index is 13.4. The molecule has 0 aromatic heterocycles. The molecule has 0 heterocycles. The molecule has 0 saturated carbocycles. The summed E-state index contributed by atoms with van der Waals surface area (Å²) in [6, 6.07) is 10.8. The SMILES string of the molecule is COc1ccc(F)cc1C(=O)N[C@@H]1c2ccccc2C[C@H]1O. The summed E-state index contributed by atoms with van der Waals surface area (Å²) in [6.07, 6.45) is -0.206. The summed E-state index contributed by atoms with van der Waals surface area (Å²) in [4.78, 5) is 12.4. The summed E-state index contributed by atoms with van der Waals surface area (Å²) >= 11 is 0. The van der Waals surface area contributed by atoms with Crippen molar-refractivity contribution in [1.82, 2.24) is 5.32 Å². The predicted octanol–water partition coefficient (Wildman–Crippen LogP) is 2.22. The molecule has 1 amide bonds. The molecule has 114 valence electrons. The number of hydrogen-bond donors (Lipinski definition) is 2. The number of rotatable bonds is 3. The highest BCUT2D eigenvalue weighted by molar-refractivity contribution is 5.97. The zero-order valence-electron chi connectivity index (χ0n) is 12.0. The summed E-state index contributed by atoms with van der Waals surface area (Å²) in [5, 5.41) is 12.9. The summed E-state index contributed by atoms with van der Waals surface area (Å²) in [5.74, 6) is -0.699. The number of benzene rings is 2. The quantitative estimate of drug-likeness (QED) is 0.914. The Kier molecular flexibility index (Phi) is 3.81. The molecular weight excluding hydrogens is 285 g/mol. The van der Waals surface area contributed by atoms with Crippen molar-refractivity contribution in [3.63, 3.8) is 0 Å². The van der Waals surface area contributed by atoms with Gasteiger partial charge in [-0.05, 0) is 29.3 Å². The number of hydrogen-bond acceptors (Lipinski definition) is 3. The molecule has 1 aliphatic rings. The van der Waals surface area contributed by atoms with Crippen molar-refractivity contribution in [1.29, 1.82) is 0 Å². The maximum atomic E-state index is 13.4. The second-order valence-corrected chi connectivity index (χ2v) is 5.27. The number of aliphatic hydroxyl groups excluding tert-OH is 1. The molecule has 1 aliphatic carbocycles. The lowest BCUT2D eigenvalue weighted by Gasteiger charge is -2.19. The molecule has 2 atom stereocenters. The van der Waals surface area contributed by atoms with Gasteiger partial charge in [-0.25, -0.2) is 4.39 Å². The van der Waals surface area contributed by atoms with E-state index in [9.17, 15) is 14.3 Å². The Labute approximate surface area is 127 Å². The van der Waals surface area contributed by atoms with E-state index in [1.54, 1.807) is 0 Å². The molecule has 0 unspecified atom stereocenters. The number of nitrogens with one attached hydrogen (secondary N) is 1. The minimum Gasteiger partial charge on any atom is -0.496 e. The third kappa shape index (κ3) is 2.55. The van der Waals surface area contributed by atoms with Gasteiger partial charge in [-0.15, -0.1) is 0 Å². The lowest BCUT2D eigenvalue weighted by Crippen LogP contribution is -2.34. The molecular formula is C17H16FNO3. The van der Waals surface area contributed by atoms with Crippen LogP contribution in [-0.2, 0) is 6.42 Å². The van der Waals surface area contributed by atoms with Gasteiger partial charge in [-0.1, -0.05) is 24.3 Å². The Bertz CT molecular complexity index is 717. The number of aliphatic hydroxyl groups is 1. The Morgan fingerprint density at radius 3 is 2.86 bits per heavy atom. The maximum Gasteiger partial charge on any atom is 0.255 e. The van der Waals surface area contributed by atoms with Crippen molar-refractivity contribution in [2.24, 2.45) is 0 Å². The zero-order valence-corrected chi connectivity index (χ0v) is 12.0. The molecule has 2 N–H and O–H groups in total. The van der Waals surface area contributed by atoms with E-state index in [0.29, 0.717) is 12.2 Å². The van der Waals surface area contributed by atoms with Gasteiger partial charge in [-0.3, -0.25) is 4.79 Å². The Morgan fingerprint density at radius 1 is 1.32 bits per heavy atom. The van der Waals surface area contributed by atoms with Crippen LogP contribution in [0.15, 0.2) is 42.5 Å². The van der Waals surface area contributed by atoms with Crippen molar-refractivity contribution >= 4 is 5.91 Å². The van der Waals surface area contributed by atoms with Crippen LogP contribution in [0.25, 0.3) is 0 Å². The average molecular weight is 301 g/mol. The fourth-order valence-electron chi connectivity index (χ4n) is 2.82. The highest BCUT2D eigenvalue weighted by Gasteiger charge is 2.32. The normalized spacial score (nSPS) is 19.6. The van der Waals surface area contributed by atoms with Crippen LogP contribution in [0.5, 0.6) is 5.75 Å². The van der Waals surface area contributed by atoms with Crippen LogP contribution >= 0.6 is 0 Å². The first kappa shape index (κ1) is 14.5. The molecule has 4 nitrogen and oxygen atoms in total. The van der Waals surface area contributed by atoms with Crippen LogP contribution in [0.4, 0.5) is 4.39 Å². The van der Waals surface area contributed by atoms with E-state index in [1.807, 2.05) is 24.3 Å². The number of methoxy groups -OCH3 is 1. The number of amides is 1. The lowest BCUT2D eigenvalue weighted by molar-refractivity contribution is 0.0855. The van der Waals surface area contributed by atoms with Gasteiger partial charge in [0.1, 0.15) is 11.6 Å². The van der Waals surface area contributed by atoms with E-state index in [-0.39, 0.29) is 5.56 Å².